The number of carbonyl (C=O) groups excluding carboxylic acids is 2. The van der Waals surface area contributed by atoms with Crippen molar-refractivity contribution in [3.05, 3.63) is 29.8 Å². The van der Waals surface area contributed by atoms with E-state index in [-0.39, 0.29) is 23.3 Å². The van der Waals surface area contributed by atoms with Crippen molar-refractivity contribution in [1.29, 1.82) is 0 Å². The highest BCUT2D eigenvalue weighted by Crippen LogP contribution is 2.13. The predicted octanol–water partition coefficient (Wildman–Crippen LogP) is 2.14. The van der Waals surface area contributed by atoms with Crippen LogP contribution in [0.2, 0.25) is 0 Å². The first-order valence-electron chi connectivity index (χ1n) is 7.22. The van der Waals surface area contributed by atoms with Crippen molar-refractivity contribution >= 4 is 17.5 Å². The van der Waals surface area contributed by atoms with Gasteiger partial charge in [-0.3, -0.25) is 9.59 Å². The monoisotopic (exact) mass is 291 g/mol. The summed E-state index contributed by atoms with van der Waals surface area (Å²) in [6.07, 6.45) is 0.851. The lowest BCUT2D eigenvalue weighted by Crippen LogP contribution is -2.42. The highest BCUT2D eigenvalue weighted by molar-refractivity contribution is 5.96. The molecular formula is C16H25N3O2. The molecule has 0 saturated carbocycles. The number of carbonyl (C=O) groups is 2. The zero-order chi connectivity index (χ0) is 16.0. The van der Waals surface area contributed by atoms with Gasteiger partial charge in [0, 0.05) is 29.3 Å². The summed E-state index contributed by atoms with van der Waals surface area (Å²) in [6.45, 7) is 8.06. The van der Waals surface area contributed by atoms with Gasteiger partial charge in [-0.2, -0.15) is 0 Å². The first-order chi connectivity index (χ1) is 9.79. The maximum absolute atomic E-state index is 12.1. The lowest BCUT2D eigenvalue weighted by molar-refractivity contribution is -0.119. The molecule has 0 saturated heterocycles. The summed E-state index contributed by atoms with van der Waals surface area (Å²) in [5.41, 5.74) is 6.44. The Kier molecular flexibility index (Phi) is 5.90. The molecule has 1 atom stereocenters. The number of anilines is 1. The van der Waals surface area contributed by atoms with Crippen molar-refractivity contribution < 1.29 is 9.59 Å². The lowest BCUT2D eigenvalue weighted by Gasteiger charge is -2.24. The number of hydrogen-bond donors (Lipinski definition) is 3. The van der Waals surface area contributed by atoms with Crippen molar-refractivity contribution in [3.63, 3.8) is 0 Å². The first kappa shape index (κ1) is 17.2. The summed E-state index contributed by atoms with van der Waals surface area (Å²) >= 11 is 0. The fourth-order valence-electron chi connectivity index (χ4n) is 1.55. The topological polar surface area (TPSA) is 84.2 Å². The number of benzene rings is 1. The van der Waals surface area contributed by atoms with Crippen molar-refractivity contribution in [3.8, 4) is 0 Å². The Balaban J connectivity index is 2.70. The van der Waals surface area contributed by atoms with E-state index in [0.29, 0.717) is 17.8 Å². The number of nitrogens with two attached hydrogens (primary N) is 1. The zero-order valence-corrected chi connectivity index (χ0v) is 13.2. The third kappa shape index (κ3) is 5.19. The average Bonchev–Trinajstić information content (AvgIpc) is 2.46. The largest absolute Gasteiger partial charge is 0.347 e. The average molecular weight is 291 g/mol. The van der Waals surface area contributed by atoms with Crippen LogP contribution in [0.3, 0.4) is 0 Å². The molecular weight excluding hydrogens is 266 g/mol. The highest BCUT2D eigenvalue weighted by Gasteiger charge is 2.18. The van der Waals surface area contributed by atoms with Crippen molar-refractivity contribution in [1.82, 2.24) is 5.32 Å². The predicted molar refractivity (Wildman–Crippen MR) is 85.1 cm³/mol. The molecule has 116 valence electrons. The minimum absolute atomic E-state index is 0.116. The van der Waals surface area contributed by atoms with Crippen LogP contribution in [0.4, 0.5) is 5.69 Å². The maximum atomic E-state index is 12.1. The zero-order valence-electron chi connectivity index (χ0n) is 13.2. The summed E-state index contributed by atoms with van der Waals surface area (Å²) in [6, 6.07) is 6.83. The summed E-state index contributed by atoms with van der Waals surface area (Å²) in [4.78, 5) is 23.8. The molecule has 1 aromatic rings. The van der Waals surface area contributed by atoms with Crippen LogP contribution in [-0.2, 0) is 4.79 Å². The van der Waals surface area contributed by atoms with Gasteiger partial charge in [0.15, 0.2) is 0 Å². The standard InChI is InChI=1S/C16H25N3O2/c1-5-16(3,4)19-15(21)12-6-8-13(9-7-12)18-14(20)11(2)10-17/h6-9,11H,5,10,17H2,1-4H3,(H,18,20)(H,19,21). The first-order valence-corrected chi connectivity index (χ1v) is 7.22. The van der Waals surface area contributed by atoms with Gasteiger partial charge in [-0.15, -0.1) is 0 Å². The third-order valence-corrected chi connectivity index (χ3v) is 3.55. The van der Waals surface area contributed by atoms with Crippen molar-refractivity contribution in [2.45, 2.75) is 39.7 Å². The summed E-state index contributed by atoms with van der Waals surface area (Å²) < 4.78 is 0. The fraction of sp³-hybridized carbons (Fsp3) is 0.500. The van der Waals surface area contributed by atoms with Crippen LogP contribution in [0.15, 0.2) is 24.3 Å². The molecule has 1 aromatic carbocycles. The molecule has 1 rings (SSSR count). The molecule has 21 heavy (non-hydrogen) atoms. The van der Waals surface area contributed by atoms with Gasteiger partial charge in [0.25, 0.3) is 5.91 Å². The second-order valence-corrected chi connectivity index (χ2v) is 5.89. The Bertz CT molecular complexity index is 495. The normalized spacial score (nSPS) is 12.6. The second kappa shape index (κ2) is 7.22. The highest BCUT2D eigenvalue weighted by atomic mass is 16.2. The maximum Gasteiger partial charge on any atom is 0.251 e. The Morgan fingerprint density at radius 1 is 1.24 bits per heavy atom. The number of nitrogens with one attached hydrogen (secondary N) is 2. The third-order valence-electron chi connectivity index (χ3n) is 3.55. The van der Waals surface area contributed by atoms with E-state index in [2.05, 4.69) is 10.6 Å². The van der Waals surface area contributed by atoms with Gasteiger partial charge in [0.1, 0.15) is 0 Å². The molecule has 2 amide bonds. The molecule has 0 aliphatic carbocycles. The SMILES string of the molecule is CCC(C)(C)NC(=O)c1ccc(NC(=O)C(C)CN)cc1. The molecule has 0 aliphatic rings. The summed E-state index contributed by atoms with van der Waals surface area (Å²) in [5.74, 6) is -0.477. The second-order valence-electron chi connectivity index (χ2n) is 5.89. The molecule has 0 bridgehead atoms. The van der Waals surface area contributed by atoms with E-state index in [0.717, 1.165) is 6.42 Å². The Hall–Kier alpha value is -1.88. The molecule has 5 nitrogen and oxygen atoms in total. The molecule has 0 aliphatic heterocycles. The van der Waals surface area contributed by atoms with E-state index in [1.807, 2.05) is 20.8 Å². The number of amides is 2. The molecule has 4 N–H and O–H groups in total. The molecule has 5 heteroatoms. The van der Waals surface area contributed by atoms with Crippen molar-refractivity contribution in [2.75, 3.05) is 11.9 Å². The van der Waals surface area contributed by atoms with Crippen molar-refractivity contribution in [2.24, 2.45) is 11.7 Å². The van der Waals surface area contributed by atoms with Gasteiger partial charge in [-0.05, 0) is 44.5 Å². The summed E-state index contributed by atoms with van der Waals surface area (Å²) in [7, 11) is 0. The van der Waals surface area contributed by atoms with Crippen LogP contribution in [0, 0.1) is 5.92 Å². The molecule has 0 aromatic heterocycles. The smallest absolute Gasteiger partial charge is 0.251 e. The molecule has 0 radical (unpaired) electrons. The van der Waals surface area contributed by atoms with Gasteiger partial charge >= 0.3 is 0 Å². The van der Waals surface area contributed by atoms with Gasteiger partial charge in [0.2, 0.25) is 5.91 Å². The van der Waals surface area contributed by atoms with E-state index >= 15 is 0 Å². The molecule has 0 spiro atoms. The van der Waals surface area contributed by atoms with E-state index in [9.17, 15) is 9.59 Å². The Morgan fingerprint density at radius 3 is 2.29 bits per heavy atom. The van der Waals surface area contributed by atoms with Gasteiger partial charge < -0.3 is 16.4 Å². The van der Waals surface area contributed by atoms with E-state index in [1.165, 1.54) is 0 Å². The van der Waals surface area contributed by atoms with Crippen LogP contribution >= 0.6 is 0 Å². The Labute approximate surface area is 126 Å². The molecule has 1 unspecified atom stereocenters. The molecule has 0 heterocycles. The van der Waals surface area contributed by atoms with Crippen LogP contribution in [-0.4, -0.2) is 23.9 Å². The van der Waals surface area contributed by atoms with E-state index < -0.39 is 0 Å². The van der Waals surface area contributed by atoms with Crippen LogP contribution in [0.5, 0.6) is 0 Å². The summed E-state index contributed by atoms with van der Waals surface area (Å²) in [5, 5.41) is 5.73. The van der Waals surface area contributed by atoms with Gasteiger partial charge in [-0.25, -0.2) is 0 Å². The van der Waals surface area contributed by atoms with E-state index in [1.54, 1.807) is 31.2 Å². The lowest BCUT2D eigenvalue weighted by atomic mass is 10.0. The van der Waals surface area contributed by atoms with Gasteiger partial charge in [0.05, 0.1) is 0 Å². The van der Waals surface area contributed by atoms with Gasteiger partial charge in [-0.1, -0.05) is 13.8 Å². The minimum Gasteiger partial charge on any atom is -0.347 e. The van der Waals surface area contributed by atoms with Crippen LogP contribution in [0.25, 0.3) is 0 Å². The van der Waals surface area contributed by atoms with Crippen LogP contribution < -0.4 is 16.4 Å². The quantitative estimate of drug-likeness (QED) is 0.750. The number of rotatable bonds is 6. The molecule has 0 fully saturated rings. The van der Waals surface area contributed by atoms with E-state index in [4.69, 9.17) is 5.73 Å². The number of hydrogen-bond acceptors (Lipinski definition) is 3. The Morgan fingerprint density at radius 2 is 1.81 bits per heavy atom. The van der Waals surface area contributed by atoms with Crippen LogP contribution in [0.1, 0.15) is 44.5 Å². The fourth-order valence-corrected chi connectivity index (χ4v) is 1.55. The minimum atomic E-state index is -0.238.